The average Bonchev–Trinajstić information content (AvgIpc) is 2.58. The van der Waals surface area contributed by atoms with Gasteiger partial charge < -0.3 is 5.32 Å². The molecule has 18 heavy (non-hydrogen) atoms. The molecule has 2 rings (SSSR count). The van der Waals surface area contributed by atoms with Gasteiger partial charge in [0.2, 0.25) is 11.8 Å². The normalized spacial score (nSPS) is 19.7. The second kappa shape index (κ2) is 5.20. The number of imide groups is 1. The smallest absolute Gasteiger partial charge is 0.246 e. The van der Waals surface area contributed by atoms with Crippen molar-refractivity contribution in [3.05, 3.63) is 33.8 Å². The van der Waals surface area contributed by atoms with E-state index in [4.69, 9.17) is 0 Å². The van der Waals surface area contributed by atoms with Gasteiger partial charge in [0.1, 0.15) is 0 Å². The van der Waals surface area contributed by atoms with Crippen LogP contribution in [0.3, 0.4) is 0 Å². The Labute approximate surface area is 114 Å². The first-order chi connectivity index (χ1) is 8.49. The maximum Gasteiger partial charge on any atom is 0.246 e. The zero-order valence-corrected chi connectivity index (χ0v) is 12.0. The molecule has 1 unspecified atom stereocenters. The van der Waals surface area contributed by atoms with Gasteiger partial charge >= 0.3 is 0 Å². The van der Waals surface area contributed by atoms with E-state index in [2.05, 4.69) is 21.2 Å². The SMILES string of the molecule is Cc1ccc(CNC2CC(=O)N(C)C2=O)cc1Br. The zero-order valence-electron chi connectivity index (χ0n) is 10.4. The Balaban J connectivity index is 1.98. The molecule has 5 heteroatoms. The van der Waals surface area contributed by atoms with Gasteiger partial charge in [-0.15, -0.1) is 0 Å². The number of aryl methyl sites for hydroxylation is 1. The highest BCUT2D eigenvalue weighted by atomic mass is 79.9. The second-order valence-corrected chi connectivity index (χ2v) is 5.37. The Morgan fingerprint density at radius 3 is 2.72 bits per heavy atom. The highest BCUT2D eigenvalue weighted by Gasteiger charge is 2.35. The predicted molar refractivity (Wildman–Crippen MR) is 71.9 cm³/mol. The number of benzene rings is 1. The lowest BCUT2D eigenvalue weighted by molar-refractivity contribution is -0.137. The molecule has 1 aliphatic rings. The van der Waals surface area contributed by atoms with Crippen molar-refractivity contribution in [2.75, 3.05) is 7.05 Å². The summed E-state index contributed by atoms with van der Waals surface area (Å²) in [5, 5.41) is 3.12. The van der Waals surface area contributed by atoms with Crippen LogP contribution in [-0.2, 0) is 16.1 Å². The summed E-state index contributed by atoms with van der Waals surface area (Å²) in [6.07, 6.45) is 0.252. The Morgan fingerprint density at radius 1 is 1.44 bits per heavy atom. The van der Waals surface area contributed by atoms with Gasteiger partial charge in [0.15, 0.2) is 0 Å². The van der Waals surface area contributed by atoms with Crippen molar-refractivity contribution in [2.45, 2.75) is 25.9 Å². The summed E-state index contributed by atoms with van der Waals surface area (Å²) in [5.41, 5.74) is 2.26. The summed E-state index contributed by atoms with van der Waals surface area (Å²) in [6, 6.07) is 5.67. The number of nitrogens with one attached hydrogen (secondary N) is 1. The van der Waals surface area contributed by atoms with E-state index in [1.807, 2.05) is 25.1 Å². The molecule has 0 bridgehead atoms. The molecule has 0 spiro atoms. The van der Waals surface area contributed by atoms with Gasteiger partial charge in [-0.3, -0.25) is 14.5 Å². The van der Waals surface area contributed by atoms with Crippen LogP contribution in [0.5, 0.6) is 0 Å². The summed E-state index contributed by atoms with van der Waals surface area (Å²) < 4.78 is 1.05. The first-order valence-electron chi connectivity index (χ1n) is 5.78. The minimum absolute atomic E-state index is 0.123. The van der Waals surface area contributed by atoms with Crippen LogP contribution in [0.25, 0.3) is 0 Å². The molecule has 2 amide bonds. The standard InChI is InChI=1S/C13H15BrN2O2/c1-8-3-4-9(5-10(8)14)7-15-11-6-12(17)16(2)13(11)18/h3-5,11,15H,6-7H2,1-2H3. The summed E-state index contributed by atoms with van der Waals surface area (Å²) in [5.74, 6) is -0.270. The molecule has 1 fully saturated rings. The van der Waals surface area contributed by atoms with Gasteiger partial charge in [0, 0.05) is 18.1 Å². The van der Waals surface area contributed by atoms with E-state index in [0.717, 1.165) is 10.0 Å². The second-order valence-electron chi connectivity index (χ2n) is 4.51. The molecular formula is C13H15BrN2O2. The number of rotatable bonds is 3. The monoisotopic (exact) mass is 310 g/mol. The molecule has 0 saturated carbocycles. The minimum Gasteiger partial charge on any atom is -0.301 e. The van der Waals surface area contributed by atoms with Crippen LogP contribution in [-0.4, -0.2) is 29.8 Å². The summed E-state index contributed by atoms with van der Waals surface area (Å²) in [7, 11) is 1.52. The molecule has 1 saturated heterocycles. The Morgan fingerprint density at radius 2 is 2.17 bits per heavy atom. The molecule has 96 valence electrons. The molecule has 4 nitrogen and oxygen atoms in total. The largest absolute Gasteiger partial charge is 0.301 e. The van der Waals surface area contributed by atoms with E-state index in [-0.39, 0.29) is 24.3 Å². The summed E-state index contributed by atoms with van der Waals surface area (Å²) in [6.45, 7) is 2.60. The number of hydrogen-bond donors (Lipinski definition) is 1. The van der Waals surface area contributed by atoms with E-state index < -0.39 is 0 Å². The number of likely N-dealkylation sites (N-methyl/N-ethyl adjacent to an activating group) is 1. The fraction of sp³-hybridized carbons (Fsp3) is 0.385. The fourth-order valence-electron chi connectivity index (χ4n) is 1.90. The number of likely N-dealkylation sites (tertiary alicyclic amines) is 1. The lowest BCUT2D eigenvalue weighted by Gasteiger charge is -2.11. The third-order valence-corrected chi connectivity index (χ3v) is 4.02. The Hall–Kier alpha value is -1.20. The van der Waals surface area contributed by atoms with E-state index in [1.54, 1.807) is 0 Å². The highest BCUT2D eigenvalue weighted by molar-refractivity contribution is 9.10. The fourth-order valence-corrected chi connectivity index (χ4v) is 2.33. The van der Waals surface area contributed by atoms with Crippen molar-refractivity contribution in [1.29, 1.82) is 0 Å². The number of amides is 2. The van der Waals surface area contributed by atoms with Gasteiger partial charge in [0.25, 0.3) is 0 Å². The van der Waals surface area contributed by atoms with Gasteiger partial charge in [-0.1, -0.05) is 28.1 Å². The molecule has 0 aliphatic carbocycles. The molecule has 0 radical (unpaired) electrons. The quantitative estimate of drug-likeness (QED) is 0.863. The topological polar surface area (TPSA) is 49.4 Å². The number of carbonyl (C=O) groups excluding carboxylic acids is 2. The highest BCUT2D eigenvalue weighted by Crippen LogP contribution is 2.18. The van der Waals surface area contributed by atoms with Crippen LogP contribution < -0.4 is 5.32 Å². The molecular weight excluding hydrogens is 296 g/mol. The molecule has 1 heterocycles. The Kier molecular flexibility index (Phi) is 3.82. The van der Waals surface area contributed by atoms with Crippen molar-refractivity contribution >= 4 is 27.7 Å². The Bertz CT molecular complexity index is 502. The van der Waals surface area contributed by atoms with Gasteiger partial charge in [-0.05, 0) is 24.1 Å². The summed E-state index contributed by atoms with van der Waals surface area (Å²) in [4.78, 5) is 24.2. The van der Waals surface area contributed by atoms with Crippen LogP contribution in [0.15, 0.2) is 22.7 Å². The molecule has 1 atom stereocenters. The maximum absolute atomic E-state index is 11.7. The average molecular weight is 311 g/mol. The molecule has 1 aliphatic heterocycles. The van der Waals surface area contributed by atoms with Crippen LogP contribution in [0.1, 0.15) is 17.5 Å². The van der Waals surface area contributed by atoms with E-state index in [0.29, 0.717) is 6.54 Å². The van der Waals surface area contributed by atoms with Crippen molar-refractivity contribution in [1.82, 2.24) is 10.2 Å². The van der Waals surface area contributed by atoms with Crippen molar-refractivity contribution < 1.29 is 9.59 Å². The molecule has 0 aromatic heterocycles. The lowest BCUT2D eigenvalue weighted by Crippen LogP contribution is -2.36. The number of hydrogen-bond acceptors (Lipinski definition) is 3. The van der Waals surface area contributed by atoms with Crippen molar-refractivity contribution in [2.24, 2.45) is 0 Å². The predicted octanol–water partition coefficient (Wildman–Crippen LogP) is 1.60. The summed E-state index contributed by atoms with van der Waals surface area (Å²) >= 11 is 3.47. The van der Waals surface area contributed by atoms with Crippen LogP contribution in [0.2, 0.25) is 0 Å². The van der Waals surface area contributed by atoms with Crippen molar-refractivity contribution in [3.63, 3.8) is 0 Å². The number of carbonyl (C=O) groups is 2. The van der Waals surface area contributed by atoms with E-state index in [9.17, 15) is 9.59 Å². The number of halogens is 1. The number of nitrogens with zero attached hydrogens (tertiary/aromatic N) is 1. The van der Waals surface area contributed by atoms with Gasteiger partial charge in [0.05, 0.1) is 12.5 Å². The minimum atomic E-state index is -0.387. The third kappa shape index (κ3) is 2.62. The van der Waals surface area contributed by atoms with Crippen LogP contribution in [0.4, 0.5) is 0 Å². The molecule has 1 aromatic carbocycles. The van der Waals surface area contributed by atoms with Gasteiger partial charge in [-0.2, -0.15) is 0 Å². The van der Waals surface area contributed by atoms with Gasteiger partial charge in [-0.25, -0.2) is 0 Å². The van der Waals surface area contributed by atoms with Crippen molar-refractivity contribution in [3.8, 4) is 0 Å². The first kappa shape index (κ1) is 13.2. The third-order valence-electron chi connectivity index (χ3n) is 3.17. The molecule has 1 aromatic rings. The van der Waals surface area contributed by atoms with Crippen LogP contribution >= 0.6 is 15.9 Å². The van der Waals surface area contributed by atoms with E-state index >= 15 is 0 Å². The van der Waals surface area contributed by atoms with Crippen LogP contribution in [0, 0.1) is 6.92 Å². The first-order valence-corrected chi connectivity index (χ1v) is 6.57. The zero-order chi connectivity index (χ0) is 13.3. The maximum atomic E-state index is 11.7. The molecule has 1 N–H and O–H groups in total. The lowest BCUT2D eigenvalue weighted by atomic mass is 10.1. The van der Waals surface area contributed by atoms with E-state index in [1.165, 1.54) is 17.5 Å².